The Morgan fingerprint density at radius 1 is 0.815 bits per heavy atom. The van der Waals surface area contributed by atoms with Crippen molar-refractivity contribution in [2.75, 3.05) is 6.61 Å². The van der Waals surface area contributed by atoms with Gasteiger partial charge in [-0.15, -0.1) is 0 Å². The summed E-state index contributed by atoms with van der Waals surface area (Å²) in [6.45, 7) is -0.602. The third kappa shape index (κ3) is 4.36. The summed E-state index contributed by atoms with van der Waals surface area (Å²) in [4.78, 5) is 52.8. The molecule has 0 aromatic heterocycles. The topological polar surface area (TPSA) is 133 Å². The Hall–Kier alpha value is -3.54. The highest BCUT2D eigenvalue weighted by atomic mass is 16.3. The molecule has 0 aliphatic carbocycles. The van der Waals surface area contributed by atoms with Crippen LogP contribution in [0.2, 0.25) is 0 Å². The maximum atomic E-state index is 12.8. The Morgan fingerprint density at radius 3 is 1.48 bits per heavy atom. The standard InChI is InChI=1S/C19H14N2O6/c22-10-9-19(27,17(25)13-1-5-15(6-2-13)20-11-23)18(26)14-3-7-16(8-4-14)21-12-24/h1-8,22,27H,9-10H2. The van der Waals surface area contributed by atoms with Gasteiger partial charge in [-0.3, -0.25) is 9.59 Å². The van der Waals surface area contributed by atoms with E-state index < -0.39 is 30.2 Å². The molecule has 2 aromatic rings. The first-order valence-electron chi connectivity index (χ1n) is 7.75. The zero-order valence-electron chi connectivity index (χ0n) is 14.0. The van der Waals surface area contributed by atoms with E-state index in [-0.39, 0.29) is 22.5 Å². The van der Waals surface area contributed by atoms with Gasteiger partial charge < -0.3 is 10.2 Å². The molecule has 0 saturated heterocycles. The summed E-state index contributed by atoms with van der Waals surface area (Å²) >= 11 is 0. The molecule has 27 heavy (non-hydrogen) atoms. The van der Waals surface area contributed by atoms with Crippen LogP contribution in [0.25, 0.3) is 0 Å². The molecule has 0 fully saturated rings. The molecule has 0 heterocycles. The van der Waals surface area contributed by atoms with E-state index in [1.165, 1.54) is 60.7 Å². The molecule has 8 nitrogen and oxygen atoms in total. The van der Waals surface area contributed by atoms with Crippen LogP contribution in [-0.2, 0) is 9.59 Å². The molecule has 8 heteroatoms. The zero-order valence-corrected chi connectivity index (χ0v) is 14.0. The van der Waals surface area contributed by atoms with E-state index in [2.05, 4.69) is 9.98 Å². The van der Waals surface area contributed by atoms with Crippen LogP contribution >= 0.6 is 0 Å². The number of isocyanates is 2. The second-order valence-corrected chi connectivity index (χ2v) is 5.49. The van der Waals surface area contributed by atoms with E-state index in [9.17, 15) is 29.4 Å². The lowest BCUT2D eigenvalue weighted by atomic mass is 9.83. The van der Waals surface area contributed by atoms with Crippen LogP contribution in [0.1, 0.15) is 27.1 Å². The Kier molecular flexibility index (Phi) is 6.38. The number of ketones is 2. The molecule has 2 aromatic carbocycles. The minimum Gasteiger partial charge on any atom is -0.396 e. The number of hydrogen-bond acceptors (Lipinski definition) is 8. The van der Waals surface area contributed by atoms with E-state index in [1.807, 2.05) is 0 Å². The van der Waals surface area contributed by atoms with Crippen LogP contribution in [-0.4, -0.2) is 46.1 Å². The van der Waals surface area contributed by atoms with Crippen molar-refractivity contribution in [3.8, 4) is 0 Å². The van der Waals surface area contributed by atoms with Crippen molar-refractivity contribution in [3.05, 3.63) is 59.7 Å². The molecule has 0 aliphatic rings. The summed E-state index contributed by atoms with van der Waals surface area (Å²) in [6.07, 6.45) is 2.21. The second-order valence-electron chi connectivity index (χ2n) is 5.49. The van der Waals surface area contributed by atoms with E-state index >= 15 is 0 Å². The Labute approximate surface area is 153 Å². The van der Waals surface area contributed by atoms with E-state index in [4.69, 9.17) is 0 Å². The molecule has 0 amide bonds. The number of hydrogen-bond donors (Lipinski definition) is 2. The number of aliphatic hydroxyl groups excluding tert-OH is 1. The summed E-state index contributed by atoms with van der Waals surface area (Å²) in [6, 6.07) is 10.6. The van der Waals surface area contributed by atoms with Gasteiger partial charge in [-0.2, -0.15) is 9.98 Å². The molecular weight excluding hydrogens is 352 g/mol. The van der Waals surface area contributed by atoms with E-state index in [1.54, 1.807) is 0 Å². The van der Waals surface area contributed by atoms with Crippen molar-refractivity contribution >= 4 is 35.1 Å². The molecule has 0 aliphatic heterocycles. The quantitative estimate of drug-likeness (QED) is 0.317. The lowest BCUT2D eigenvalue weighted by molar-refractivity contribution is 0.0200. The number of carbonyl (C=O) groups is 2. The summed E-state index contributed by atoms with van der Waals surface area (Å²) < 4.78 is 0. The van der Waals surface area contributed by atoms with Gasteiger partial charge in [-0.1, -0.05) is 0 Å². The first-order chi connectivity index (χ1) is 13.0. The van der Waals surface area contributed by atoms with Gasteiger partial charge in [0.15, 0.2) is 5.60 Å². The van der Waals surface area contributed by atoms with Crippen molar-refractivity contribution in [2.45, 2.75) is 12.0 Å². The van der Waals surface area contributed by atoms with Crippen molar-refractivity contribution in [3.63, 3.8) is 0 Å². The molecule has 0 atom stereocenters. The number of Topliss-reactive ketones (excluding diaryl/α,β-unsaturated/α-hetero) is 2. The molecular formula is C19H14N2O6. The highest BCUT2D eigenvalue weighted by Crippen LogP contribution is 2.25. The largest absolute Gasteiger partial charge is 0.396 e. The Morgan fingerprint density at radius 2 is 1.19 bits per heavy atom. The van der Waals surface area contributed by atoms with Crippen LogP contribution in [0.3, 0.4) is 0 Å². The predicted molar refractivity (Wildman–Crippen MR) is 93.8 cm³/mol. The molecule has 0 saturated carbocycles. The molecule has 2 rings (SSSR count). The predicted octanol–water partition coefficient (Wildman–Crippen LogP) is 1.80. The monoisotopic (exact) mass is 366 g/mol. The maximum Gasteiger partial charge on any atom is 0.240 e. The highest BCUT2D eigenvalue weighted by Gasteiger charge is 2.43. The number of carbonyl (C=O) groups excluding carboxylic acids is 4. The summed E-state index contributed by atoms with van der Waals surface area (Å²) in [5, 5.41) is 20.0. The molecule has 0 unspecified atom stereocenters. The minimum atomic E-state index is -2.49. The third-order valence-electron chi connectivity index (χ3n) is 3.83. The lowest BCUT2D eigenvalue weighted by Crippen LogP contribution is -2.47. The number of aliphatic imine (C=N–C) groups is 2. The van der Waals surface area contributed by atoms with Crippen LogP contribution in [0.4, 0.5) is 11.4 Å². The van der Waals surface area contributed by atoms with Gasteiger partial charge in [-0.25, -0.2) is 9.59 Å². The van der Waals surface area contributed by atoms with E-state index in [0.717, 1.165) is 0 Å². The van der Waals surface area contributed by atoms with Crippen molar-refractivity contribution in [2.24, 2.45) is 9.98 Å². The third-order valence-corrected chi connectivity index (χ3v) is 3.83. The number of aliphatic hydroxyl groups is 2. The fourth-order valence-electron chi connectivity index (χ4n) is 2.45. The van der Waals surface area contributed by atoms with Gasteiger partial charge in [0.25, 0.3) is 0 Å². The average Bonchev–Trinajstić information content (AvgIpc) is 2.68. The molecule has 0 spiro atoms. The first kappa shape index (κ1) is 19.8. The Balaban J connectivity index is 2.39. The fraction of sp³-hybridized carbons (Fsp3) is 0.158. The van der Waals surface area contributed by atoms with E-state index in [0.29, 0.717) is 0 Å². The number of rotatable bonds is 8. The second kappa shape index (κ2) is 8.71. The van der Waals surface area contributed by atoms with Crippen LogP contribution < -0.4 is 0 Å². The van der Waals surface area contributed by atoms with Crippen LogP contribution in [0, 0.1) is 0 Å². The van der Waals surface area contributed by atoms with Gasteiger partial charge in [0.1, 0.15) is 0 Å². The van der Waals surface area contributed by atoms with Crippen molar-refractivity contribution in [1.82, 2.24) is 0 Å². The lowest BCUT2D eigenvalue weighted by Gasteiger charge is -2.24. The Bertz CT molecular complexity index is 864. The first-order valence-corrected chi connectivity index (χ1v) is 7.75. The van der Waals surface area contributed by atoms with Gasteiger partial charge in [-0.05, 0) is 48.5 Å². The zero-order chi connectivity index (χ0) is 19.9. The molecule has 136 valence electrons. The minimum absolute atomic E-state index is 0.00586. The number of benzene rings is 2. The summed E-state index contributed by atoms with van der Waals surface area (Å²) in [5.74, 6) is -1.81. The smallest absolute Gasteiger partial charge is 0.240 e. The molecule has 0 bridgehead atoms. The molecule has 2 N–H and O–H groups in total. The van der Waals surface area contributed by atoms with Crippen LogP contribution in [0.5, 0.6) is 0 Å². The SMILES string of the molecule is O=C=Nc1ccc(C(=O)C(O)(CCO)C(=O)c2ccc(N=C=O)cc2)cc1. The van der Waals surface area contributed by atoms with Gasteiger partial charge in [0.2, 0.25) is 23.7 Å². The normalized spacial score (nSPS) is 12.2. The van der Waals surface area contributed by atoms with Crippen molar-refractivity contribution < 1.29 is 29.4 Å². The van der Waals surface area contributed by atoms with Crippen molar-refractivity contribution in [1.29, 1.82) is 0 Å². The number of nitrogens with zero attached hydrogens (tertiary/aromatic N) is 2. The van der Waals surface area contributed by atoms with Gasteiger partial charge in [0, 0.05) is 24.2 Å². The van der Waals surface area contributed by atoms with Gasteiger partial charge >= 0.3 is 0 Å². The van der Waals surface area contributed by atoms with Crippen LogP contribution in [0.15, 0.2) is 58.5 Å². The maximum absolute atomic E-state index is 12.8. The summed E-state index contributed by atoms with van der Waals surface area (Å²) in [5.41, 5.74) is -1.97. The fourth-order valence-corrected chi connectivity index (χ4v) is 2.45. The molecule has 0 radical (unpaired) electrons. The summed E-state index contributed by atoms with van der Waals surface area (Å²) in [7, 11) is 0. The van der Waals surface area contributed by atoms with Gasteiger partial charge in [0.05, 0.1) is 11.4 Å². The highest BCUT2D eigenvalue weighted by molar-refractivity contribution is 6.22. The average molecular weight is 366 g/mol.